The molecule has 0 atom stereocenters. The second-order valence-corrected chi connectivity index (χ2v) is 7.08. The zero-order valence-corrected chi connectivity index (χ0v) is 15.8. The third-order valence-corrected chi connectivity index (χ3v) is 4.02. The van der Waals surface area contributed by atoms with E-state index in [-0.39, 0.29) is 11.4 Å². The third-order valence-electron chi connectivity index (χ3n) is 4.02. The minimum Gasteiger partial charge on any atom is -0.494 e. The van der Waals surface area contributed by atoms with Gasteiger partial charge in [0, 0.05) is 12.7 Å². The van der Waals surface area contributed by atoms with Crippen molar-refractivity contribution in [2.75, 3.05) is 25.6 Å². The summed E-state index contributed by atoms with van der Waals surface area (Å²) >= 11 is 0. The van der Waals surface area contributed by atoms with Gasteiger partial charge in [0.1, 0.15) is 11.6 Å². The second-order valence-electron chi connectivity index (χ2n) is 7.08. The Balaban J connectivity index is 1.71. The predicted molar refractivity (Wildman–Crippen MR) is 103 cm³/mol. The molecule has 1 heterocycles. The largest absolute Gasteiger partial charge is 0.494 e. The van der Waals surface area contributed by atoms with Gasteiger partial charge in [-0.1, -0.05) is 32.0 Å². The van der Waals surface area contributed by atoms with Crippen molar-refractivity contribution in [3.63, 3.8) is 0 Å². The van der Waals surface area contributed by atoms with Gasteiger partial charge in [-0.15, -0.1) is 0 Å². The fourth-order valence-electron chi connectivity index (χ4n) is 2.73. The van der Waals surface area contributed by atoms with Gasteiger partial charge in [0.25, 0.3) is 0 Å². The van der Waals surface area contributed by atoms with E-state index < -0.39 is 0 Å². The Morgan fingerprint density at radius 3 is 2.58 bits per heavy atom. The zero-order valence-electron chi connectivity index (χ0n) is 15.8. The van der Waals surface area contributed by atoms with Crippen LogP contribution >= 0.6 is 0 Å². The van der Waals surface area contributed by atoms with Crippen molar-refractivity contribution in [1.82, 2.24) is 4.98 Å². The number of carbonyl (C=O) groups excluding carboxylic acids is 1. The molecule has 1 N–H and O–H groups in total. The first-order valence-electron chi connectivity index (χ1n) is 8.92. The lowest BCUT2D eigenvalue weighted by molar-refractivity contribution is -0.142. The van der Waals surface area contributed by atoms with Crippen LogP contribution in [0.3, 0.4) is 0 Å². The normalized spacial score (nSPS) is 11.0. The van der Waals surface area contributed by atoms with Crippen LogP contribution in [0, 0.1) is 5.41 Å². The average Bonchev–Trinajstić information content (AvgIpc) is 2.63. The number of nitrogens with zero attached hydrogens (tertiary/aromatic N) is 1. The summed E-state index contributed by atoms with van der Waals surface area (Å²) < 4.78 is 10.5. The second kappa shape index (κ2) is 9.80. The number of anilines is 1. The molecule has 0 aliphatic rings. The van der Waals surface area contributed by atoms with Gasteiger partial charge in [-0.25, -0.2) is 4.98 Å². The van der Waals surface area contributed by atoms with Crippen molar-refractivity contribution in [2.24, 2.45) is 5.41 Å². The highest BCUT2D eigenvalue weighted by Crippen LogP contribution is 2.27. The number of esters is 1. The molecular weight excluding hydrogens is 328 g/mol. The summed E-state index contributed by atoms with van der Waals surface area (Å²) in [6.07, 6.45) is 3.89. The maximum atomic E-state index is 11.5. The van der Waals surface area contributed by atoms with E-state index in [9.17, 15) is 4.79 Å². The zero-order chi connectivity index (χ0) is 18.8. The van der Waals surface area contributed by atoms with E-state index in [0.29, 0.717) is 13.0 Å². The van der Waals surface area contributed by atoms with Crippen molar-refractivity contribution >= 4 is 11.8 Å². The van der Waals surface area contributed by atoms with Gasteiger partial charge in [-0.05, 0) is 48.1 Å². The van der Waals surface area contributed by atoms with Crippen LogP contribution in [-0.4, -0.2) is 31.2 Å². The summed E-state index contributed by atoms with van der Waals surface area (Å²) in [7, 11) is 1.43. The summed E-state index contributed by atoms with van der Waals surface area (Å²) in [5, 5.41) is 3.26. The number of methoxy groups -OCH3 is 1. The molecule has 0 radical (unpaired) electrons. The van der Waals surface area contributed by atoms with E-state index in [1.165, 1.54) is 12.7 Å². The van der Waals surface area contributed by atoms with Gasteiger partial charge in [0.05, 0.1) is 20.1 Å². The quantitative estimate of drug-likeness (QED) is 0.513. The predicted octanol–water partition coefficient (Wildman–Crippen LogP) is 4.09. The van der Waals surface area contributed by atoms with Crippen LogP contribution in [0.2, 0.25) is 0 Å². The van der Waals surface area contributed by atoms with Gasteiger partial charge in [-0.2, -0.15) is 0 Å². The Morgan fingerprint density at radius 1 is 1.15 bits per heavy atom. The first-order chi connectivity index (χ1) is 12.5. The number of aromatic nitrogens is 1. The van der Waals surface area contributed by atoms with Crippen LogP contribution in [0.5, 0.6) is 5.75 Å². The maximum Gasteiger partial charge on any atom is 0.306 e. The maximum absolute atomic E-state index is 11.5. The van der Waals surface area contributed by atoms with Crippen molar-refractivity contribution in [1.29, 1.82) is 0 Å². The van der Waals surface area contributed by atoms with Gasteiger partial charge in [0.2, 0.25) is 0 Å². The molecule has 0 spiro atoms. The Bertz CT molecular complexity index is 669. The van der Waals surface area contributed by atoms with Gasteiger partial charge >= 0.3 is 5.97 Å². The summed E-state index contributed by atoms with van der Waals surface area (Å²) in [4.78, 5) is 15.7. The minimum absolute atomic E-state index is 0.132. The number of nitrogens with one attached hydrogen (secondary N) is 1. The lowest BCUT2D eigenvalue weighted by Gasteiger charge is -2.23. The molecule has 2 rings (SSSR count). The Morgan fingerprint density at radius 2 is 1.92 bits per heavy atom. The van der Waals surface area contributed by atoms with Gasteiger partial charge < -0.3 is 14.8 Å². The number of ether oxygens (including phenoxy) is 2. The molecule has 5 heteroatoms. The van der Waals surface area contributed by atoms with E-state index in [4.69, 9.17) is 9.47 Å². The van der Waals surface area contributed by atoms with Crippen LogP contribution in [0.4, 0.5) is 5.82 Å². The fraction of sp³-hybridized carbons (Fsp3) is 0.429. The van der Waals surface area contributed by atoms with Crippen molar-refractivity contribution in [2.45, 2.75) is 33.1 Å². The number of hydrogen-bond acceptors (Lipinski definition) is 5. The molecule has 1 aromatic carbocycles. The number of pyridine rings is 1. The monoisotopic (exact) mass is 356 g/mol. The smallest absolute Gasteiger partial charge is 0.306 e. The molecule has 0 saturated carbocycles. The minimum atomic E-state index is -0.172. The van der Waals surface area contributed by atoms with Crippen molar-refractivity contribution in [3.05, 3.63) is 54.2 Å². The number of rotatable bonds is 10. The topological polar surface area (TPSA) is 60.5 Å². The number of hydrogen-bond donors (Lipinski definition) is 1. The molecule has 0 amide bonds. The van der Waals surface area contributed by atoms with Crippen LogP contribution in [-0.2, 0) is 16.0 Å². The third kappa shape index (κ3) is 7.13. The van der Waals surface area contributed by atoms with Crippen LogP contribution in [0.15, 0.2) is 48.7 Å². The van der Waals surface area contributed by atoms with Gasteiger partial charge in [-0.3, -0.25) is 4.79 Å². The van der Waals surface area contributed by atoms with Crippen molar-refractivity contribution < 1.29 is 14.3 Å². The van der Waals surface area contributed by atoms with E-state index in [0.717, 1.165) is 31.0 Å². The lowest BCUT2D eigenvalue weighted by Crippen LogP contribution is -2.20. The van der Waals surface area contributed by atoms with E-state index in [1.54, 1.807) is 6.20 Å². The molecule has 0 aliphatic carbocycles. The summed E-state index contributed by atoms with van der Waals surface area (Å²) in [5.41, 5.74) is 1.05. The molecule has 0 saturated heterocycles. The Hall–Kier alpha value is -2.56. The number of carbonyl (C=O) groups is 1. The first kappa shape index (κ1) is 19.8. The average molecular weight is 356 g/mol. The fourth-order valence-corrected chi connectivity index (χ4v) is 2.73. The molecule has 0 aliphatic heterocycles. The summed E-state index contributed by atoms with van der Waals surface area (Å²) in [6.45, 7) is 5.61. The standard InChI is InChI=1S/C21H28N2O3/c1-21(2,16-20(24)25-3)15-17-8-10-18(11-9-17)26-14-6-13-23-19-7-4-5-12-22-19/h4-5,7-12H,6,13-16H2,1-3H3,(H,22,23). The first-order valence-corrected chi connectivity index (χ1v) is 8.92. The van der Waals surface area contributed by atoms with E-state index >= 15 is 0 Å². The van der Waals surface area contributed by atoms with Gasteiger partial charge in [0.15, 0.2) is 0 Å². The summed E-state index contributed by atoms with van der Waals surface area (Å²) in [5.74, 6) is 1.57. The molecule has 0 bridgehead atoms. The number of benzene rings is 1. The van der Waals surface area contributed by atoms with E-state index in [1.807, 2.05) is 30.3 Å². The molecule has 0 fully saturated rings. The highest BCUT2D eigenvalue weighted by Gasteiger charge is 2.23. The highest BCUT2D eigenvalue weighted by atomic mass is 16.5. The van der Waals surface area contributed by atoms with Crippen LogP contribution in [0.25, 0.3) is 0 Å². The molecule has 26 heavy (non-hydrogen) atoms. The van der Waals surface area contributed by atoms with E-state index in [2.05, 4.69) is 36.3 Å². The molecule has 1 aromatic heterocycles. The molecule has 0 unspecified atom stereocenters. The Kier molecular flexibility index (Phi) is 7.45. The highest BCUT2D eigenvalue weighted by molar-refractivity contribution is 5.70. The Labute approximate surface area is 155 Å². The summed E-state index contributed by atoms with van der Waals surface area (Å²) in [6, 6.07) is 13.9. The van der Waals surface area contributed by atoms with Crippen molar-refractivity contribution in [3.8, 4) is 5.75 Å². The molecule has 2 aromatic rings. The molecular formula is C21H28N2O3. The molecule has 140 valence electrons. The molecule has 5 nitrogen and oxygen atoms in total. The van der Waals surface area contributed by atoms with Crippen LogP contribution < -0.4 is 10.1 Å². The lowest BCUT2D eigenvalue weighted by atomic mass is 9.83. The SMILES string of the molecule is COC(=O)CC(C)(C)Cc1ccc(OCCCNc2ccccn2)cc1. The van der Waals surface area contributed by atoms with Crippen LogP contribution in [0.1, 0.15) is 32.3 Å².